The van der Waals surface area contributed by atoms with E-state index in [1.807, 2.05) is 13.1 Å². The Morgan fingerprint density at radius 1 is 1.19 bits per heavy atom. The lowest BCUT2D eigenvalue weighted by Crippen LogP contribution is -2.31. The number of hydrogen-bond acceptors (Lipinski definition) is 2. The number of fused-ring (bicyclic) bond motifs is 1. The standard InChI is InChI=1S/C17H19FN2O/c1-20-15-5-3-2-4-12(15)10-14(17(20)21)16(19)11-6-8-13(18)9-7-11/h6-10,16H,2-5,19H2,1H3. The molecule has 2 aromatic rings. The smallest absolute Gasteiger partial charge is 0.255 e. The van der Waals surface area contributed by atoms with Crippen molar-refractivity contribution >= 4 is 0 Å². The molecular formula is C17H19FN2O. The highest BCUT2D eigenvalue weighted by Gasteiger charge is 2.20. The minimum absolute atomic E-state index is 0.0486. The molecule has 0 aliphatic heterocycles. The van der Waals surface area contributed by atoms with Crippen LogP contribution in [0.15, 0.2) is 35.1 Å². The van der Waals surface area contributed by atoms with Gasteiger partial charge in [-0.15, -0.1) is 0 Å². The maximum atomic E-state index is 13.0. The summed E-state index contributed by atoms with van der Waals surface area (Å²) in [7, 11) is 1.81. The molecule has 4 heteroatoms. The Morgan fingerprint density at radius 3 is 2.57 bits per heavy atom. The van der Waals surface area contributed by atoms with Crippen LogP contribution in [-0.4, -0.2) is 4.57 Å². The van der Waals surface area contributed by atoms with E-state index in [4.69, 9.17) is 5.73 Å². The summed E-state index contributed by atoms with van der Waals surface area (Å²) in [6.45, 7) is 0. The summed E-state index contributed by atoms with van der Waals surface area (Å²) in [6.07, 6.45) is 4.22. The van der Waals surface area contributed by atoms with Gasteiger partial charge in [-0.1, -0.05) is 12.1 Å². The van der Waals surface area contributed by atoms with Crippen LogP contribution < -0.4 is 11.3 Å². The lowest BCUT2D eigenvalue weighted by atomic mass is 9.91. The molecule has 1 unspecified atom stereocenters. The van der Waals surface area contributed by atoms with Crippen molar-refractivity contribution < 1.29 is 4.39 Å². The number of halogens is 1. The number of pyridine rings is 1. The summed E-state index contributed by atoms with van der Waals surface area (Å²) >= 11 is 0. The Bertz CT molecular complexity index is 719. The van der Waals surface area contributed by atoms with E-state index >= 15 is 0 Å². The van der Waals surface area contributed by atoms with Crippen molar-refractivity contribution in [2.45, 2.75) is 31.7 Å². The predicted molar refractivity (Wildman–Crippen MR) is 80.8 cm³/mol. The fourth-order valence-corrected chi connectivity index (χ4v) is 3.09. The molecule has 1 aliphatic rings. The highest BCUT2D eigenvalue weighted by atomic mass is 19.1. The molecule has 0 amide bonds. The first kappa shape index (κ1) is 14.0. The lowest BCUT2D eigenvalue weighted by molar-refractivity contribution is 0.613. The van der Waals surface area contributed by atoms with E-state index in [2.05, 4.69) is 0 Å². The zero-order valence-corrected chi connectivity index (χ0v) is 12.1. The molecule has 0 fully saturated rings. The monoisotopic (exact) mass is 286 g/mol. The van der Waals surface area contributed by atoms with Crippen LogP contribution >= 0.6 is 0 Å². The Hall–Kier alpha value is -1.94. The topological polar surface area (TPSA) is 48.0 Å². The van der Waals surface area contributed by atoms with E-state index in [9.17, 15) is 9.18 Å². The van der Waals surface area contributed by atoms with Gasteiger partial charge >= 0.3 is 0 Å². The van der Waals surface area contributed by atoms with E-state index in [0.717, 1.165) is 36.9 Å². The fraction of sp³-hybridized carbons (Fsp3) is 0.353. The lowest BCUT2D eigenvalue weighted by Gasteiger charge is -2.22. The summed E-state index contributed by atoms with van der Waals surface area (Å²) in [5.41, 5.74) is 9.87. The van der Waals surface area contributed by atoms with Gasteiger partial charge in [-0.25, -0.2) is 4.39 Å². The third-order valence-electron chi connectivity index (χ3n) is 4.33. The molecule has 1 aromatic carbocycles. The van der Waals surface area contributed by atoms with Gasteiger partial charge in [0.1, 0.15) is 5.82 Å². The van der Waals surface area contributed by atoms with E-state index in [0.29, 0.717) is 5.56 Å². The normalized spacial score (nSPS) is 15.6. The van der Waals surface area contributed by atoms with E-state index < -0.39 is 6.04 Å². The highest BCUT2D eigenvalue weighted by molar-refractivity contribution is 5.35. The van der Waals surface area contributed by atoms with Crippen LogP contribution in [0.25, 0.3) is 0 Å². The van der Waals surface area contributed by atoms with Crippen molar-refractivity contribution in [1.29, 1.82) is 0 Å². The number of hydrogen-bond donors (Lipinski definition) is 1. The third kappa shape index (κ3) is 2.51. The molecule has 3 nitrogen and oxygen atoms in total. The van der Waals surface area contributed by atoms with Gasteiger partial charge in [0.25, 0.3) is 5.56 Å². The SMILES string of the molecule is Cn1c2c(cc(C(N)c3ccc(F)cc3)c1=O)CCCC2. The molecule has 21 heavy (non-hydrogen) atoms. The van der Waals surface area contributed by atoms with Gasteiger partial charge in [-0.2, -0.15) is 0 Å². The zero-order chi connectivity index (χ0) is 15.0. The van der Waals surface area contributed by atoms with Crippen molar-refractivity contribution in [3.8, 4) is 0 Å². The number of nitrogens with two attached hydrogens (primary N) is 1. The van der Waals surface area contributed by atoms with E-state index in [1.165, 1.54) is 17.7 Å². The van der Waals surface area contributed by atoms with Crippen molar-refractivity contribution in [2.75, 3.05) is 0 Å². The summed E-state index contributed by atoms with van der Waals surface area (Å²) in [4.78, 5) is 12.5. The summed E-state index contributed by atoms with van der Waals surface area (Å²) in [6, 6.07) is 7.45. The van der Waals surface area contributed by atoms with Gasteiger partial charge in [-0.05, 0) is 55.0 Å². The second-order valence-corrected chi connectivity index (χ2v) is 5.67. The van der Waals surface area contributed by atoms with Crippen molar-refractivity contribution in [3.05, 3.63) is 68.9 Å². The molecular weight excluding hydrogens is 267 g/mol. The zero-order valence-electron chi connectivity index (χ0n) is 12.1. The Kier molecular flexibility index (Phi) is 3.64. The van der Waals surface area contributed by atoms with Gasteiger partial charge in [0.05, 0.1) is 6.04 Å². The quantitative estimate of drug-likeness (QED) is 0.922. The molecule has 0 saturated heterocycles. The molecule has 0 saturated carbocycles. The van der Waals surface area contributed by atoms with E-state index in [1.54, 1.807) is 16.7 Å². The van der Waals surface area contributed by atoms with Crippen molar-refractivity contribution in [2.24, 2.45) is 12.8 Å². The molecule has 0 radical (unpaired) electrons. The Morgan fingerprint density at radius 2 is 1.86 bits per heavy atom. The van der Waals surface area contributed by atoms with Crippen molar-refractivity contribution in [1.82, 2.24) is 4.57 Å². The number of aromatic nitrogens is 1. The van der Waals surface area contributed by atoms with Gasteiger partial charge in [0.15, 0.2) is 0 Å². The van der Waals surface area contributed by atoms with Crippen LogP contribution in [0, 0.1) is 5.82 Å². The molecule has 1 atom stereocenters. The van der Waals surface area contributed by atoms with Gasteiger partial charge in [0, 0.05) is 18.3 Å². The molecule has 1 heterocycles. The number of benzene rings is 1. The Labute approximate surface area is 123 Å². The van der Waals surface area contributed by atoms with Crippen LogP contribution in [0.2, 0.25) is 0 Å². The highest BCUT2D eigenvalue weighted by Crippen LogP contribution is 2.24. The van der Waals surface area contributed by atoms with Crippen LogP contribution in [0.3, 0.4) is 0 Å². The van der Waals surface area contributed by atoms with Crippen LogP contribution in [0.4, 0.5) is 4.39 Å². The van der Waals surface area contributed by atoms with Crippen LogP contribution in [-0.2, 0) is 19.9 Å². The largest absolute Gasteiger partial charge is 0.320 e. The molecule has 110 valence electrons. The maximum Gasteiger partial charge on any atom is 0.255 e. The first-order valence-corrected chi connectivity index (χ1v) is 7.30. The third-order valence-corrected chi connectivity index (χ3v) is 4.33. The van der Waals surface area contributed by atoms with Crippen LogP contribution in [0.5, 0.6) is 0 Å². The molecule has 2 N–H and O–H groups in total. The second kappa shape index (κ2) is 5.45. The van der Waals surface area contributed by atoms with Gasteiger partial charge in [-0.3, -0.25) is 4.79 Å². The average Bonchev–Trinajstić information content (AvgIpc) is 2.51. The van der Waals surface area contributed by atoms with Gasteiger partial charge in [0.2, 0.25) is 0 Å². The van der Waals surface area contributed by atoms with Crippen LogP contribution in [0.1, 0.15) is 41.3 Å². The average molecular weight is 286 g/mol. The van der Waals surface area contributed by atoms with Gasteiger partial charge < -0.3 is 10.3 Å². The first-order chi connectivity index (χ1) is 10.1. The summed E-state index contributed by atoms with van der Waals surface area (Å²) in [5.74, 6) is -0.302. The molecule has 1 aliphatic carbocycles. The summed E-state index contributed by atoms with van der Waals surface area (Å²) < 4.78 is 14.7. The Balaban J connectivity index is 2.08. The second-order valence-electron chi connectivity index (χ2n) is 5.67. The first-order valence-electron chi connectivity index (χ1n) is 7.30. The molecule has 1 aromatic heterocycles. The number of nitrogens with zero attached hydrogens (tertiary/aromatic N) is 1. The van der Waals surface area contributed by atoms with Crippen molar-refractivity contribution in [3.63, 3.8) is 0 Å². The molecule has 3 rings (SSSR count). The fourth-order valence-electron chi connectivity index (χ4n) is 3.09. The minimum Gasteiger partial charge on any atom is -0.320 e. The molecule has 0 spiro atoms. The predicted octanol–water partition coefficient (Wildman–Crippen LogP) is 2.45. The number of aryl methyl sites for hydroxylation is 1. The minimum atomic E-state index is -0.517. The summed E-state index contributed by atoms with van der Waals surface area (Å²) in [5, 5.41) is 0. The number of rotatable bonds is 2. The molecule has 0 bridgehead atoms. The van der Waals surface area contributed by atoms with E-state index in [-0.39, 0.29) is 11.4 Å². The maximum absolute atomic E-state index is 13.0.